The highest BCUT2D eigenvalue weighted by Gasteiger charge is 2.16. The van der Waals surface area contributed by atoms with Crippen molar-refractivity contribution >= 4 is 38.4 Å². The van der Waals surface area contributed by atoms with Crippen LogP contribution < -0.4 is 9.54 Å². The first kappa shape index (κ1) is 22.9. The van der Waals surface area contributed by atoms with Gasteiger partial charge in [-0.2, -0.15) is 8.42 Å². The normalized spacial score (nSPS) is 12.1. The molecule has 0 atom stereocenters. The summed E-state index contributed by atoms with van der Waals surface area (Å²) in [7, 11) is -3.93. The molecular weight excluding hydrogens is 482 g/mol. The van der Waals surface area contributed by atoms with Crippen molar-refractivity contribution in [3.05, 3.63) is 119 Å². The fraction of sp³-hybridized carbons (Fsp3) is 0.0357. The lowest BCUT2D eigenvalue weighted by atomic mass is 10.1. The Morgan fingerprint density at radius 2 is 1.54 bits per heavy atom. The Bertz CT molecular complexity index is 1680. The van der Waals surface area contributed by atoms with E-state index in [1.165, 1.54) is 12.1 Å². The maximum absolute atomic E-state index is 12.6. The lowest BCUT2D eigenvalue weighted by Crippen LogP contribution is -2.09. The van der Waals surface area contributed by atoms with Crippen molar-refractivity contribution in [2.45, 2.75) is 11.8 Å². The second kappa shape index (κ2) is 9.41. The van der Waals surface area contributed by atoms with Crippen LogP contribution in [-0.2, 0) is 10.1 Å². The minimum atomic E-state index is -3.93. The molecule has 0 radical (unpaired) electrons. The van der Waals surface area contributed by atoms with E-state index >= 15 is 0 Å². The second-order valence-corrected chi connectivity index (χ2v) is 9.94. The van der Waals surface area contributed by atoms with Crippen molar-refractivity contribution in [1.29, 1.82) is 0 Å². The van der Waals surface area contributed by atoms with Gasteiger partial charge >= 0.3 is 10.1 Å². The van der Waals surface area contributed by atoms with Crippen molar-refractivity contribution in [2.24, 2.45) is 4.99 Å². The number of benzene rings is 4. The molecule has 0 aliphatic rings. The van der Waals surface area contributed by atoms with E-state index in [4.69, 9.17) is 25.2 Å². The van der Waals surface area contributed by atoms with Gasteiger partial charge in [-0.1, -0.05) is 59.6 Å². The molecule has 0 fully saturated rings. The lowest BCUT2D eigenvalue weighted by molar-refractivity contribution is 0.486. The molecule has 0 saturated heterocycles. The van der Waals surface area contributed by atoms with Crippen LogP contribution in [0, 0.1) is 6.92 Å². The number of halogens is 1. The van der Waals surface area contributed by atoms with Crippen LogP contribution in [-0.4, -0.2) is 8.42 Å². The van der Waals surface area contributed by atoms with Gasteiger partial charge in [0.25, 0.3) is 0 Å². The number of hydrogen-bond acceptors (Lipinski definition) is 5. The van der Waals surface area contributed by atoms with Crippen LogP contribution in [0.5, 0.6) is 5.75 Å². The summed E-state index contributed by atoms with van der Waals surface area (Å²) in [6.07, 6.45) is 0. The molecule has 5 rings (SSSR count). The monoisotopic (exact) mass is 501 g/mol. The number of aryl methyl sites for hydroxylation is 1. The van der Waals surface area contributed by atoms with Crippen molar-refractivity contribution < 1.29 is 17.0 Å². The number of nitrogens with zero attached hydrogens (tertiary/aromatic N) is 1. The lowest BCUT2D eigenvalue weighted by Gasteiger charge is -2.08. The molecule has 0 spiro atoms. The molecule has 5 aromatic rings. The van der Waals surface area contributed by atoms with E-state index in [9.17, 15) is 8.42 Å². The van der Waals surface area contributed by atoms with Crippen molar-refractivity contribution in [2.75, 3.05) is 0 Å². The van der Waals surface area contributed by atoms with Gasteiger partial charge in [0.15, 0.2) is 0 Å². The van der Waals surface area contributed by atoms with Gasteiger partial charge in [-0.15, -0.1) is 0 Å². The Morgan fingerprint density at radius 3 is 2.26 bits per heavy atom. The molecular formula is C28H20ClNO4S. The van der Waals surface area contributed by atoms with Crippen LogP contribution in [0.1, 0.15) is 5.56 Å². The van der Waals surface area contributed by atoms with Gasteiger partial charge in [-0.3, -0.25) is 0 Å². The Balaban J connectivity index is 1.52. The predicted molar refractivity (Wildman–Crippen MR) is 137 cm³/mol. The Kier molecular flexibility index (Phi) is 6.16. The summed E-state index contributed by atoms with van der Waals surface area (Å²) in [5, 5.41) is 2.01. The van der Waals surface area contributed by atoms with Crippen LogP contribution in [0.25, 0.3) is 22.3 Å². The predicted octanol–water partition coefficient (Wildman–Crippen LogP) is 7.06. The number of rotatable bonds is 5. The molecule has 0 saturated carbocycles. The maximum atomic E-state index is 12.6. The average molecular weight is 502 g/mol. The average Bonchev–Trinajstić information content (AvgIpc) is 2.86. The van der Waals surface area contributed by atoms with Crippen LogP contribution >= 0.6 is 11.6 Å². The van der Waals surface area contributed by atoms with E-state index < -0.39 is 10.1 Å². The van der Waals surface area contributed by atoms with E-state index in [1.807, 2.05) is 49.4 Å². The molecule has 1 aromatic heterocycles. The number of hydrogen-bond donors (Lipinski definition) is 0. The standard InChI is InChI=1S/C28H20ClNO4S/c1-19-7-14-24(15-8-19)35(31,32)34-23-12-10-22(11-13-23)30-26-18-28(20-5-3-2-4-6-20)33-27-16-9-21(29)17-25(26)27/h2-18H,1H3. The highest BCUT2D eigenvalue weighted by atomic mass is 35.5. The SMILES string of the molecule is Cc1ccc(S(=O)(=O)Oc2ccc(N=c3cc(-c4ccccc4)oc4ccc(Cl)cc34)cc2)cc1. The van der Waals surface area contributed by atoms with E-state index in [0.29, 0.717) is 27.4 Å². The second-order valence-electron chi connectivity index (χ2n) is 7.96. The molecule has 35 heavy (non-hydrogen) atoms. The molecule has 0 amide bonds. The van der Waals surface area contributed by atoms with E-state index in [1.54, 1.807) is 48.5 Å². The number of fused-ring (bicyclic) bond motifs is 1. The van der Waals surface area contributed by atoms with Gasteiger partial charge in [0.05, 0.1) is 11.0 Å². The third-order valence-corrected chi connectivity index (χ3v) is 6.86. The summed E-state index contributed by atoms with van der Waals surface area (Å²) >= 11 is 6.24. The van der Waals surface area contributed by atoms with Gasteiger partial charge in [-0.05, 0) is 61.5 Å². The highest BCUT2D eigenvalue weighted by Crippen LogP contribution is 2.26. The van der Waals surface area contributed by atoms with E-state index in [2.05, 4.69) is 0 Å². The van der Waals surface area contributed by atoms with Crippen LogP contribution in [0.15, 0.2) is 117 Å². The quantitative estimate of drug-likeness (QED) is 0.242. The third-order valence-electron chi connectivity index (χ3n) is 5.37. The van der Waals surface area contributed by atoms with Crippen molar-refractivity contribution in [1.82, 2.24) is 0 Å². The summed E-state index contributed by atoms with van der Waals surface area (Å²) in [6.45, 7) is 1.89. The summed E-state index contributed by atoms with van der Waals surface area (Å²) < 4.78 is 36.5. The molecule has 0 unspecified atom stereocenters. The summed E-state index contributed by atoms with van der Waals surface area (Å²) in [5.41, 5.74) is 3.16. The van der Waals surface area contributed by atoms with Crippen LogP contribution in [0.3, 0.4) is 0 Å². The van der Waals surface area contributed by atoms with Gasteiger partial charge in [-0.25, -0.2) is 4.99 Å². The Hall–Kier alpha value is -3.87. The molecule has 0 aliphatic heterocycles. The van der Waals surface area contributed by atoms with Gasteiger partial charge in [0.1, 0.15) is 22.0 Å². The Morgan fingerprint density at radius 1 is 0.829 bits per heavy atom. The minimum Gasteiger partial charge on any atom is -0.456 e. The molecule has 5 nitrogen and oxygen atoms in total. The minimum absolute atomic E-state index is 0.0988. The largest absolute Gasteiger partial charge is 0.456 e. The van der Waals surface area contributed by atoms with Gasteiger partial charge < -0.3 is 8.60 Å². The van der Waals surface area contributed by atoms with E-state index in [0.717, 1.165) is 16.5 Å². The molecule has 1 heterocycles. The molecule has 0 N–H and O–H groups in total. The van der Waals surface area contributed by atoms with Crippen molar-refractivity contribution in [3.8, 4) is 17.1 Å². The first-order chi connectivity index (χ1) is 16.9. The first-order valence-electron chi connectivity index (χ1n) is 10.8. The Labute approximate surface area is 208 Å². The zero-order valence-corrected chi connectivity index (χ0v) is 20.3. The molecule has 0 bridgehead atoms. The summed E-state index contributed by atoms with van der Waals surface area (Å²) in [6, 6.07) is 30.0. The zero-order valence-electron chi connectivity index (χ0n) is 18.7. The molecule has 4 aromatic carbocycles. The third kappa shape index (κ3) is 5.14. The van der Waals surface area contributed by atoms with Crippen LogP contribution in [0.2, 0.25) is 5.02 Å². The smallest absolute Gasteiger partial charge is 0.339 e. The molecule has 174 valence electrons. The highest BCUT2D eigenvalue weighted by molar-refractivity contribution is 7.87. The van der Waals surface area contributed by atoms with Crippen molar-refractivity contribution in [3.63, 3.8) is 0 Å². The van der Waals surface area contributed by atoms with E-state index in [-0.39, 0.29) is 10.6 Å². The summed E-state index contributed by atoms with van der Waals surface area (Å²) in [4.78, 5) is 4.88. The van der Waals surface area contributed by atoms with Gasteiger partial charge in [0, 0.05) is 22.0 Å². The fourth-order valence-corrected chi connectivity index (χ4v) is 4.68. The molecule has 0 aliphatic carbocycles. The summed E-state index contributed by atoms with van der Waals surface area (Å²) in [5.74, 6) is 0.869. The maximum Gasteiger partial charge on any atom is 0.339 e. The first-order valence-corrected chi connectivity index (χ1v) is 12.6. The topological polar surface area (TPSA) is 68.9 Å². The fourth-order valence-electron chi connectivity index (χ4n) is 3.57. The van der Waals surface area contributed by atoms with Crippen LogP contribution in [0.4, 0.5) is 5.69 Å². The zero-order chi connectivity index (χ0) is 24.4. The molecule has 7 heteroatoms. The van der Waals surface area contributed by atoms with Gasteiger partial charge in [0.2, 0.25) is 0 Å².